The molecule has 1 aromatic rings. The minimum atomic E-state index is -1.94. The van der Waals surface area contributed by atoms with Crippen molar-refractivity contribution >= 4 is 94.6 Å². The molecule has 5 heterocycles. The highest BCUT2D eigenvalue weighted by molar-refractivity contribution is 8.00. The number of hydrogen-bond acceptors (Lipinski definition) is 18. The van der Waals surface area contributed by atoms with Gasteiger partial charge in [0.15, 0.2) is 5.72 Å². The lowest BCUT2D eigenvalue weighted by Gasteiger charge is -2.42. The zero-order valence-electron chi connectivity index (χ0n) is 42.7. The number of hydrogen-bond donors (Lipinski definition) is 4. The Morgan fingerprint density at radius 2 is 1.64 bits per heavy atom. The molecule has 5 aliphatic heterocycles. The summed E-state index contributed by atoms with van der Waals surface area (Å²) in [5, 5.41) is 34.6. The molecule has 408 valence electrons. The van der Waals surface area contributed by atoms with Gasteiger partial charge in [0.1, 0.15) is 23.9 Å². The molecule has 10 atom stereocenters. The number of halogens is 1. The van der Waals surface area contributed by atoms with Gasteiger partial charge >= 0.3 is 12.1 Å². The molecular weight excluding hydrogens is 1030 g/mol. The Morgan fingerprint density at radius 1 is 1.00 bits per heavy atom. The van der Waals surface area contributed by atoms with Crippen LogP contribution in [-0.4, -0.2) is 191 Å². The number of likely N-dealkylation sites (tertiary alicyclic amines) is 2. The van der Waals surface area contributed by atoms with Crippen molar-refractivity contribution < 1.29 is 77.4 Å². The number of imide groups is 2. The molecule has 5 aliphatic rings. The summed E-state index contributed by atoms with van der Waals surface area (Å²) < 4.78 is 29.0. The molecule has 0 spiro atoms. The smallest absolute Gasteiger partial charge is 0.409 e. The summed E-state index contributed by atoms with van der Waals surface area (Å²) in [6.07, 6.45) is 2.05. The number of anilines is 1. The number of carbonyl (C=O) groups excluding carboxylic acids is 8. The molecule has 0 radical (unpaired) electrons. The summed E-state index contributed by atoms with van der Waals surface area (Å²) in [7, 11) is 2.84. The van der Waals surface area contributed by atoms with Gasteiger partial charge in [0.25, 0.3) is 0 Å². The Hall–Kier alpha value is -4.85. The molecule has 0 saturated carbocycles. The zero-order valence-corrected chi connectivity index (χ0v) is 45.1. The third-order valence-electron chi connectivity index (χ3n) is 14.3. The van der Waals surface area contributed by atoms with Crippen LogP contribution >= 0.6 is 35.6 Å². The second-order valence-electron chi connectivity index (χ2n) is 19.2. The highest BCUT2D eigenvalue weighted by atomic mass is 35.5. The number of thioether (sulfide) groups is 1. The largest absolute Gasteiger partial charge is 0.457 e. The van der Waals surface area contributed by atoms with Crippen molar-refractivity contribution in [3.63, 3.8) is 0 Å². The number of ether oxygens (including phenoxy) is 5. The number of fused-ring (bicyclic) bond motifs is 5. The van der Waals surface area contributed by atoms with E-state index in [1.807, 2.05) is 6.92 Å². The molecule has 2 unspecified atom stereocenters. The van der Waals surface area contributed by atoms with E-state index in [4.69, 9.17) is 35.3 Å². The molecule has 4 saturated heterocycles. The molecular formula is C50H68ClN5O16S2. The number of amides is 7. The Labute approximate surface area is 445 Å². The number of rotatable bonds is 17. The minimum absolute atomic E-state index is 0.00205. The van der Waals surface area contributed by atoms with E-state index in [9.17, 15) is 53.7 Å². The molecule has 4 N–H and O–H groups in total. The number of benzene rings is 1. The van der Waals surface area contributed by atoms with E-state index in [1.165, 1.54) is 42.6 Å². The van der Waals surface area contributed by atoms with E-state index >= 15 is 0 Å². The maximum atomic E-state index is 14.3. The third-order valence-corrected chi connectivity index (χ3v) is 15.6. The minimum Gasteiger partial charge on any atom is -0.457 e. The van der Waals surface area contributed by atoms with Gasteiger partial charge in [0.2, 0.25) is 35.4 Å². The fourth-order valence-electron chi connectivity index (χ4n) is 9.51. The van der Waals surface area contributed by atoms with Crippen LogP contribution in [0.2, 0.25) is 5.02 Å². The van der Waals surface area contributed by atoms with Crippen molar-refractivity contribution in [2.24, 2.45) is 17.8 Å². The number of thiocarbonyl (C=S) groups is 1. The first-order valence-corrected chi connectivity index (χ1v) is 26.5. The predicted molar refractivity (Wildman–Crippen MR) is 275 cm³/mol. The van der Waals surface area contributed by atoms with Crippen LogP contribution < -0.4 is 10.2 Å². The third kappa shape index (κ3) is 13.9. The topological polar surface area (TPSA) is 272 Å². The second kappa shape index (κ2) is 26.3. The molecule has 4 bridgehead atoms. The Morgan fingerprint density at radius 3 is 2.24 bits per heavy atom. The maximum Gasteiger partial charge on any atom is 0.409 e. The summed E-state index contributed by atoms with van der Waals surface area (Å²) >= 11 is 11.9. The number of allylic oxidation sites excluding steroid dienone is 3. The molecule has 4 fully saturated rings. The van der Waals surface area contributed by atoms with E-state index in [-0.39, 0.29) is 86.6 Å². The first-order chi connectivity index (χ1) is 35.1. The number of alkyl carbamates (subject to hydrolysis) is 1. The lowest BCUT2D eigenvalue weighted by Crippen LogP contribution is -2.62. The molecule has 21 nitrogen and oxygen atoms in total. The molecule has 7 amide bonds. The Bertz CT molecular complexity index is 2360. The van der Waals surface area contributed by atoms with Gasteiger partial charge in [0.05, 0.1) is 87.1 Å². The Balaban J connectivity index is 0.00000501. The fourth-order valence-corrected chi connectivity index (χ4v) is 10.4. The molecule has 6 rings (SSSR count). The molecule has 1 aromatic carbocycles. The standard InChI is InChI=1S/C49H66ClN5O16S.CH2S/c1-27-9-8-10-33(26-57)49(66)24-35(69-47(65)51-49)28(2)43-48(4,71-43)37(23-39(59)53(6)34-19-30(17-27)18-32(25-56)42(34)50)70-46(64)29(3)52(5)38(58)20-31-21-40(60)54(44(31)62)11-13-67-15-16-68-14-12-55-41(61)22-36(72-7)45(55)63;1-2/h8-10,18-19,28-29,31,33,35-37,43,56-57,66H,11-17,20-26H2,1-7H3,(H,51,65);1H2/b10-8+,27-9+;/t28-,29-,31?,33+,35+,36?,37+,43+,48+,49+;/m1./s1. The monoisotopic (exact) mass is 1090 g/mol. The first-order valence-electron chi connectivity index (χ1n) is 24.2. The molecule has 0 aliphatic carbocycles. The summed E-state index contributed by atoms with van der Waals surface area (Å²) in [5.41, 5.74) is -1.15. The quantitative estimate of drug-likeness (QED) is 0.0574. The van der Waals surface area contributed by atoms with Crippen LogP contribution in [0.3, 0.4) is 0 Å². The van der Waals surface area contributed by atoms with Gasteiger partial charge in [-0.25, -0.2) is 9.59 Å². The number of likely N-dealkylation sites (N-methyl/N-ethyl adjacent to an activating group) is 1. The van der Waals surface area contributed by atoms with Gasteiger partial charge in [-0.1, -0.05) is 60.6 Å². The van der Waals surface area contributed by atoms with Crippen LogP contribution in [0.15, 0.2) is 35.9 Å². The van der Waals surface area contributed by atoms with Gasteiger partial charge in [0, 0.05) is 51.6 Å². The first kappa shape index (κ1) is 60.0. The number of carbonyl (C=O) groups is 8. The van der Waals surface area contributed by atoms with Crippen LogP contribution in [0.5, 0.6) is 0 Å². The van der Waals surface area contributed by atoms with E-state index in [0.29, 0.717) is 17.5 Å². The summed E-state index contributed by atoms with van der Waals surface area (Å²) in [5.74, 6) is -3.42. The van der Waals surface area contributed by atoms with E-state index < -0.39 is 115 Å². The molecule has 24 heteroatoms. The second-order valence-corrected chi connectivity index (χ2v) is 20.6. The van der Waals surface area contributed by atoms with E-state index in [1.54, 1.807) is 50.5 Å². The van der Waals surface area contributed by atoms with Crippen LogP contribution in [-0.2, 0) is 70.3 Å². The van der Waals surface area contributed by atoms with Gasteiger partial charge in [-0.15, -0.1) is 0 Å². The summed E-state index contributed by atoms with van der Waals surface area (Å²) in [6.45, 7) is 6.10. The maximum absolute atomic E-state index is 14.3. The van der Waals surface area contributed by atoms with Crippen molar-refractivity contribution in [3.8, 4) is 0 Å². The van der Waals surface area contributed by atoms with E-state index in [2.05, 4.69) is 23.4 Å². The van der Waals surface area contributed by atoms with E-state index in [0.717, 1.165) is 15.4 Å². The average Bonchev–Trinajstić information content (AvgIpc) is 3.89. The number of aliphatic hydroxyl groups is 3. The van der Waals surface area contributed by atoms with Crippen molar-refractivity contribution in [2.45, 2.75) is 114 Å². The number of nitrogens with one attached hydrogen (secondary N) is 1. The molecule has 74 heavy (non-hydrogen) atoms. The van der Waals surface area contributed by atoms with Crippen LogP contribution in [0.25, 0.3) is 0 Å². The summed E-state index contributed by atoms with van der Waals surface area (Å²) in [4.78, 5) is 110. The van der Waals surface area contributed by atoms with Gasteiger partial charge < -0.3 is 48.8 Å². The van der Waals surface area contributed by atoms with Crippen molar-refractivity contribution in [1.82, 2.24) is 20.0 Å². The number of esters is 1. The highest BCUT2D eigenvalue weighted by Gasteiger charge is 2.64. The van der Waals surface area contributed by atoms with Crippen molar-refractivity contribution in [3.05, 3.63) is 52.1 Å². The highest BCUT2D eigenvalue weighted by Crippen LogP contribution is 2.49. The summed E-state index contributed by atoms with van der Waals surface area (Å²) in [6, 6.07) is 2.15. The number of aliphatic hydroxyl groups excluding tert-OH is 2. The lowest BCUT2D eigenvalue weighted by atomic mass is 9.81. The van der Waals surface area contributed by atoms with Crippen LogP contribution in [0.4, 0.5) is 10.5 Å². The Kier molecular flexibility index (Phi) is 21.3. The predicted octanol–water partition coefficient (Wildman–Crippen LogP) is 2.50. The number of nitrogens with zero attached hydrogens (tertiary/aromatic N) is 4. The van der Waals surface area contributed by atoms with Crippen LogP contribution in [0.1, 0.15) is 70.9 Å². The number of epoxide rings is 1. The fraction of sp³-hybridized carbons (Fsp3) is 0.620. The van der Waals surface area contributed by atoms with Crippen molar-refractivity contribution in [1.29, 1.82) is 0 Å². The average molecular weight is 1090 g/mol. The van der Waals surface area contributed by atoms with Crippen molar-refractivity contribution in [2.75, 3.05) is 71.4 Å². The van der Waals surface area contributed by atoms with Crippen LogP contribution in [0, 0.1) is 17.8 Å². The van der Waals surface area contributed by atoms with Gasteiger partial charge in [-0.05, 0) is 56.5 Å². The van der Waals surface area contributed by atoms with Gasteiger partial charge in [-0.2, -0.15) is 11.8 Å². The van der Waals surface area contributed by atoms with Gasteiger partial charge in [-0.3, -0.25) is 43.9 Å². The zero-order chi connectivity index (χ0) is 54.8. The molecule has 0 aromatic heterocycles. The SMILES string of the molecule is C=S.CSC1CC(=O)N(CCOCCOCCN2C(=O)CC(CC(=O)N(C)[C@H](C)C(=O)O[C@H]3CC(=O)N(C)c4cc(cc(CO)c4Cl)C/C(C)=C/C=C/[C@@H](CO)[C@@]4(O)C[C@H](OC(=O)N4)[C@@H](C)[C@@H]4O[C@@]34C)C2=O)C1=O. The normalized spacial score (nSPS) is 29.9. The lowest BCUT2D eigenvalue weighted by molar-refractivity contribution is -0.162.